The fourth-order valence-corrected chi connectivity index (χ4v) is 1.80. The van der Waals surface area contributed by atoms with Gasteiger partial charge >= 0.3 is 0 Å². The lowest BCUT2D eigenvalue weighted by Crippen LogP contribution is -2.30. The Morgan fingerprint density at radius 3 is 2.50 bits per heavy atom. The summed E-state index contributed by atoms with van der Waals surface area (Å²) in [7, 11) is 0. The van der Waals surface area contributed by atoms with Crippen molar-refractivity contribution in [1.29, 1.82) is 0 Å². The van der Waals surface area contributed by atoms with Crippen molar-refractivity contribution >= 4 is 5.82 Å². The second kappa shape index (κ2) is 5.19. The average Bonchev–Trinajstić information content (AvgIpc) is 2.38. The predicted octanol–water partition coefficient (Wildman–Crippen LogP) is 2.71. The van der Waals surface area contributed by atoms with Gasteiger partial charge in [0.05, 0.1) is 0 Å². The SMILES string of the molecule is Cc1cccc(NCC(C)(O)c2ccccc2)n1. The molecule has 0 saturated heterocycles. The van der Waals surface area contributed by atoms with Gasteiger partial charge in [0.15, 0.2) is 0 Å². The number of anilines is 1. The van der Waals surface area contributed by atoms with Gasteiger partial charge in [-0.1, -0.05) is 36.4 Å². The van der Waals surface area contributed by atoms with Crippen LogP contribution in [-0.2, 0) is 5.60 Å². The fraction of sp³-hybridized carbons (Fsp3) is 0.267. The van der Waals surface area contributed by atoms with Gasteiger partial charge in [-0.25, -0.2) is 4.98 Å². The summed E-state index contributed by atoms with van der Waals surface area (Å²) >= 11 is 0. The molecule has 0 aliphatic heterocycles. The standard InChI is InChI=1S/C15H18N2O/c1-12-7-6-10-14(17-12)16-11-15(2,18)13-8-4-3-5-9-13/h3-10,18H,11H2,1-2H3,(H,16,17). The lowest BCUT2D eigenvalue weighted by atomic mass is 9.96. The maximum absolute atomic E-state index is 10.4. The highest BCUT2D eigenvalue weighted by Crippen LogP contribution is 2.20. The van der Waals surface area contributed by atoms with Crippen molar-refractivity contribution in [3.8, 4) is 0 Å². The maximum atomic E-state index is 10.4. The van der Waals surface area contributed by atoms with E-state index in [9.17, 15) is 5.11 Å². The van der Waals surface area contributed by atoms with Crippen LogP contribution < -0.4 is 5.32 Å². The number of benzene rings is 1. The van der Waals surface area contributed by atoms with E-state index in [1.165, 1.54) is 0 Å². The molecule has 0 aliphatic rings. The molecule has 1 aromatic heterocycles. The first-order chi connectivity index (χ1) is 8.58. The van der Waals surface area contributed by atoms with Gasteiger partial charge in [-0.05, 0) is 31.5 Å². The molecule has 0 aliphatic carbocycles. The Hall–Kier alpha value is -1.87. The van der Waals surface area contributed by atoms with Gasteiger partial charge in [-0.2, -0.15) is 0 Å². The van der Waals surface area contributed by atoms with Crippen molar-refractivity contribution in [2.24, 2.45) is 0 Å². The average molecular weight is 242 g/mol. The van der Waals surface area contributed by atoms with E-state index in [0.717, 1.165) is 17.1 Å². The van der Waals surface area contributed by atoms with Crippen molar-refractivity contribution in [1.82, 2.24) is 4.98 Å². The van der Waals surface area contributed by atoms with E-state index in [1.807, 2.05) is 55.5 Å². The minimum absolute atomic E-state index is 0.424. The second-order valence-electron chi connectivity index (χ2n) is 4.66. The van der Waals surface area contributed by atoms with Gasteiger partial charge < -0.3 is 10.4 Å². The lowest BCUT2D eigenvalue weighted by molar-refractivity contribution is 0.0714. The third-order valence-electron chi connectivity index (χ3n) is 2.90. The Labute approximate surface area is 108 Å². The molecule has 18 heavy (non-hydrogen) atoms. The molecular weight excluding hydrogens is 224 g/mol. The maximum Gasteiger partial charge on any atom is 0.126 e. The summed E-state index contributed by atoms with van der Waals surface area (Å²) in [5.41, 5.74) is 0.941. The number of nitrogens with one attached hydrogen (secondary N) is 1. The number of hydrogen-bond acceptors (Lipinski definition) is 3. The zero-order chi connectivity index (χ0) is 13.0. The number of aromatic nitrogens is 1. The quantitative estimate of drug-likeness (QED) is 0.866. The number of nitrogens with zero attached hydrogens (tertiary/aromatic N) is 1. The number of rotatable bonds is 4. The van der Waals surface area contributed by atoms with E-state index in [0.29, 0.717) is 6.54 Å². The summed E-state index contributed by atoms with van der Waals surface area (Å²) in [6, 6.07) is 15.4. The Kier molecular flexibility index (Phi) is 3.63. The third-order valence-corrected chi connectivity index (χ3v) is 2.90. The molecule has 0 radical (unpaired) electrons. The highest BCUT2D eigenvalue weighted by Gasteiger charge is 2.22. The smallest absolute Gasteiger partial charge is 0.126 e. The molecule has 0 spiro atoms. The Balaban J connectivity index is 2.05. The van der Waals surface area contributed by atoms with E-state index in [1.54, 1.807) is 6.92 Å². The minimum atomic E-state index is -0.910. The molecule has 1 atom stereocenters. The van der Waals surface area contributed by atoms with Crippen LogP contribution in [0.15, 0.2) is 48.5 Å². The zero-order valence-corrected chi connectivity index (χ0v) is 10.7. The van der Waals surface area contributed by atoms with Gasteiger partial charge in [0.25, 0.3) is 0 Å². The number of aliphatic hydroxyl groups is 1. The van der Waals surface area contributed by atoms with Crippen LogP contribution >= 0.6 is 0 Å². The van der Waals surface area contributed by atoms with Gasteiger partial charge in [-0.15, -0.1) is 0 Å². The van der Waals surface area contributed by atoms with Crippen LogP contribution in [0.5, 0.6) is 0 Å². The molecule has 0 saturated carbocycles. The molecule has 94 valence electrons. The first kappa shape index (κ1) is 12.6. The Morgan fingerprint density at radius 2 is 1.83 bits per heavy atom. The van der Waals surface area contributed by atoms with Crippen LogP contribution in [0.2, 0.25) is 0 Å². The molecule has 1 aromatic carbocycles. The summed E-state index contributed by atoms with van der Waals surface area (Å²) in [5.74, 6) is 0.784. The summed E-state index contributed by atoms with van der Waals surface area (Å²) in [4.78, 5) is 4.35. The van der Waals surface area contributed by atoms with Crippen LogP contribution in [0, 0.1) is 6.92 Å². The van der Waals surface area contributed by atoms with E-state index >= 15 is 0 Å². The molecule has 0 bridgehead atoms. The largest absolute Gasteiger partial charge is 0.384 e. The molecule has 3 heteroatoms. The Bertz CT molecular complexity index is 509. The highest BCUT2D eigenvalue weighted by atomic mass is 16.3. The predicted molar refractivity (Wildman–Crippen MR) is 73.5 cm³/mol. The van der Waals surface area contributed by atoms with Crippen molar-refractivity contribution < 1.29 is 5.11 Å². The normalized spacial score (nSPS) is 13.9. The monoisotopic (exact) mass is 242 g/mol. The van der Waals surface area contributed by atoms with E-state index in [4.69, 9.17) is 0 Å². The third kappa shape index (κ3) is 3.08. The van der Waals surface area contributed by atoms with Gasteiger partial charge in [0.2, 0.25) is 0 Å². The fourth-order valence-electron chi connectivity index (χ4n) is 1.80. The van der Waals surface area contributed by atoms with E-state index < -0.39 is 5.60 Å². The Morgan fingerprint density at radius 1 is 1.11 bits per heavy atom. The molecule has 0 fully saturated rings. The topological polar surface area (TPSA) is 45.1 Å². The molecule has 1 unspecified atom stereocenters. The summed E-state index contributed by atoms with van der Waals surface area (Å²) in [6.07, 6.45) is 0. The number of hydrogen-bond donors (Lipinski definition) is 2. The molecule has 3 nitrogen and oxygen atoms in total. The summed E-state index contributed by atoms with van der Waals surface area (Å²) < 4.78 is 0. The lowest BCUT2D eigenvalue weighted by Gasteiger charge is -2.24. The van der Waals surface area contributed by atoms with Crippen molar-refractivity contribution in [2.75, 3.05) is 11.9 Å². The van der Waals surface area contributed by atoms with Crippen LogP contribution in [-0.4, -0.2) is 16.6 Å². The molecule has 1 heterocycles. The van der Waals surface area contributed by atoms with Gasteiger partial charge in [0, 0.05) is 12.2 Å². The molecular formula is C15H18N2O. The molecule has 2 rings (SSSR count). The van der Waals surface area contributed by atoms with Crippen molar-refractivity contribution in [2.45, 2.75) is 19.4 Å². The minimum Gasteiger partial charge on any atom is -0.384 e. The zero-order valence-electron chi connectivity index (χ0n) is 10.7. The van der Waals surface area contributed by atoms with Gasteiger partial charge in [-0.3, -0.25) is 0 Å². The summed E-state index contributed by atoms with van der Waals surface area (Å²) in [5, 5.41) is 13.6. The van der Waals surface area contributed by atoms with Crippen LogP contribution in [0.1, 0.15) is 18.2 Å². The molecule has 2 aromatic rings. The second-order valence-corrected chi connectivity index (χ2v) is 4.66. The first-order valence-electron chi connectivity index (χ1n) is 6.03. The van der Waals surface area contributed by atoms with Crippen molar-refractivity contribution in [3.05, 3.63) is 59.8 Å². The van der Waals surface area contributed by atoms with Crippen LogP contribution in [0.25, 0.3) is 0 Å². The van der Waals surface area contributed by atoms with E-state index in [2.05, 4.69) is 10.3 Å². The van der Waals surface area contributed by atoms with Crippen LogP contribution in [0.3, 0.4) is 0 Å². The molecule has 2 N–H and O–H groups in total. The molecule has 0 amide bonds. The first-order valence-corrected chi connectivity index (χ1v) is 6.03. The van der Waals surface area contributed by atoms with Gasteiger partial charge in [0.1, 0.15) is 11.4 Å². The van der Waals surface area contributed by atoms with Crippen molar-refractivity contribution in [3.63, 3.8) is 0 Å². The summed E-state index contributed by atoms with van der Waals surface area (Å²) in [6.45, 7) is 4.17. The van der Waals surface area contributed by atoms with Crippen LogP contribution in [0.4, 0.5) is 5.82 Å². The highest BCUT2D eigenvalue weighted by molar-refractivity contribution is 5.36. The number of pyridine rings is 1. The van der Waals surface area contributed by atoms with E-state index in [-0.39, 0.29) is 0 Å². The number of aryl methyl sites for hydroxylation is 1.